The maximum atomic E-state index is 5.58. The Morgan fingerprint density at radius 1 is 1.35 bits per heavy atom. The number of hydrogen-bond donors (Lipinski definition) is 1. The summed E-state index contributed by atoms with van der Waals surface area (Å²) < 4.78 is 7.57. The van der Waals surface area contributed by atoms with Gasteiger partial charge in [0.1, 0.15) is 0 Å². The topological polar surface area (TPSA) is 89.6 Å². The van der Waals surface area contributed by atoms with Crippen molar-refractivity contribution in [3.63, 3.8) is 0 Å². The van der Waals surface area contributed by atoms with Crippen molar-refractivity contribution < 1.29 is 4.74 Å². The molecule has 1 fully saturated rings. The van der Waals surface area contributed by atoms with Gasteiger partial charge in [-0.15, -0.1) is 17.4 Å². The molecule has 1 aromatic rings. The summed E-state index contributed by atoms with van der Waals surface area (Å²) >= 11 is 0. The molecule has 26 heavy (non-hydrogen) atoms. The third-order valence-electron chi connectivity index (χ3n) is 5.46. The van der Waals surface area contributed by atoms with Gasteiger partial charge in [-0.2, -0.15) is 10.2 Å². The number of nitrogens with zero attached hydrogens (tertiary/aromatic N) is 6. The maximum Gasteiger partial charge on any atom is 0.193 e. The van der Waals surface area contributed by atoms with Crippen LogP contribution < -0.4 is 5.32 Å². The predicted octanol–water partition coefficient (Wildman–Crippen LogP) is 2.69. The molecule has 0 spiro atoms. The van der Waals surface area contributed by atoms with E-state index in [2.05, 4.69) is 37.0 Å². The largest absolute Gasteiger partial charge is 0.501 e. The van der Waals surface area contributed by atoms with Crippen molar-refractivity contribution in [3.8, 4) is 12.3 Å². The molecule has 1 atom stereocenters. The van der Waals surface area contributed by atoms with Crippen LogP contribution in [0.4, 0.5) is 0 Å². The normalized spacial score (nSPS) is 22.0. The molecule has 8 nitrogen and oxygen atoms in total. The number of nitrogens with one attached hydrogen (secondary N) is 1. The second kappa shape index (κ2) is 7.54. The molecule has 1 aliphatic carbocycles. The molecule has 3 heterocycles. The molecule has 0 radical (unpaired) electrons. The van der Waals surface area contributed by atoms with Crippen molar-refractivity contribution >= 4 is 0 Å². The van der Waals surface area contributed by atoms with E-state index < -0.39 is 0 Å². The third-order valence-corrected chi connectivity index (χ3v) is 5.46. The smallest absolute Gasteiger partial charge is 0.193 e. The fraction of sp³-hybridized carbons (Fsp3) is 0.722. The van der Waals surface area contributed by atoms with Crippen LogP contribution >= 0.6 is 0 Å². The van der Waals surface area contributed by atoms with Crippen LogP contribution in [0.1, 0.15) is 69.3 Å². The molecule has 0 saturated heterocycles. The average Bonchev–Trinajstić information content (AvgIpc) is 3.25. The molecule has 8 heteroatoms. The first kappa shape index (κ1) is 17.2. The molecule has 0 aromatic carbocycles. The lowest BCUT2D eigenvalue weighted by Gasteiger charge is -2.29. The Morgan fingerprint density at radius 3 is 2.88 bits per heavy atom. The number of tetrazole rings is 1. The zero-order valence-corrected chi connectivity index (χ0v) is 15.0. The highest BCUT2D eigenvalue weighted by Crippen LogP contribution is 2.37. The molecule has 1 saturated carbocycles. The molecule has 1 unspecified atom stereocenters. The molecule has 0 amide bonds. The molecular weight excluding hydrogens is 330 g/mol. The van der Waals surface area contributed by atoms with Crippen LogP contribution in [0.2, 0.25) is 0 Å². The van der Waals surface area contributed by atoms with Crippen LogP contribution in [-0.4, -0.2) is 39.0 Å². The van der Waals surface area contributed by atoms with E-state index in [1.807, 2.05) is 10.9 Å². The first-order valence-corrected chi connectivity index (χ1v) is 9.50. The summed E-state index contributed by atoms with van der Waals surface area (Å²) in [7, 11) is 0. The van der Waals surface area contributed by atoms with Crippen molar-refractivity contribution in [3.05, 3.63) is 17.7 Å². The van der Waals surface area contributed by atoms with E-state index in [1.165, 1.54) is 12.0 Å². The Balaban J connectivity index is 1.45. The number of rotatable bonds is 9. The Morgan fingerprint density at radius 2 is 2.23 bits per heavy atom. The summed E-state index contributed by atoms with van der Waals surface area (Å²) in [4.78, 5) is 0. The Bertz CT molecular complexity index is 722. The van der Waals surface area contributed by atoms with E-state index in [0.29, 0.717) is 12.5 Å². The van der Waals surface area contributed by atoms with Crippen molar-refractivity contribution in [1.82, 2.24) is 25.5 Å². The predicted molar refractivity (Wildman–Crippen MR) is 95.0 cm³/mol. The van der Waals surface area contributed by atoms with Crippen LogP contribution in [0, 0.1) is 12.3 Å². The third kappa shape index (κ3) is 3.63. The quantitative estimate of drug-likeness (QED) is 0.688. The Hall–Kier alpha value is -2.27. The lowest BCUT2D eigenvalue weighted by atomic mass is 9.92. The minimum Gasteiger partial charge on any atom is -0.501 e. The standard InChI is InChI=1S/C18H25N7O/c1-2-3-9-18(21-22-18)10-11-19-16(14-6-5-12-26-13-14)17-20-23-24-25(17)15-7-4-8-15/h1,13,15-16,19H,3-12H2. The lowest BCUT2D eigenvalue weighted by Crippen LogP contribution is -2.32. The van der Waals surface area contributed by atoms with Gasteiger partial charge in [-0.25, -0.2) is 4.68 Å². The van der Waals surface area contributed by atoms with Gasteiger partial charge in [0.25, 0.3) is 0 Å². The molecule has 4 rings (SSSR count). The summed E-state index contributed by atoms with van der Waals surface area (Å²) in [5.41, 5.74) is 0.926. The van der Waals surface area contributed by atoms with Crippen molar-refractivity contribution in [1.29, 1.82) is 0 Å². The van der Waals surface area contributed by atoms with E-state index in [0.717, 1.165) is 57.5 Å². The van der Waals surface area contributed by atoms with Crippen LogP contribution in [-0.2, 0) is 4.74 Å². The van der Waals surface area contributed by atoms with Crippen LogP contribution in [0.25, 0.3) is 0 Å². The SMILES string of the molecule is C#CCCC1(CCNC(C2=COCCC2)c2nnnn2C2CCC2)N=N1. The summed E-state index contributed by atoms with van der Waals surface area (Å²) in [6.45, 7) is 1.55. The van der Waals surface area contributed by atoms with E-state index in [-0.39, 0.29) is 11.7 Å². The van der Waals surface area contributed by atoms with E-state index in [4.69, 9.17) is 11.2 Å². The van der Waals surface area contributed by atoms with Gasteiger partial charge in [-0.1, -0.05) is 0 Å². The second-order valence-corrected chi connectivity index (χ2v) is 7.26. The van der Waals surface area contributed by atoms with Crippen LogP contribution in [0.5, 0.6) is 0 Å². The maximum absolute atomic E-state index is 5.58. The van der Waals surface area contributed by atoms with Crippen molar-refractivity contribution in [2.24, 2.45) is 10.2 Å². The van der Waals surface area contributed by atoms with E-state index >= 15 is 0 Å². The summed E-state index contributed by atoms with van der Waals surface area (Å²) in [6, 6.07) is 0.388. The fourth-order valence-electron chi connectivity index (χ4n) is 3.55. The van der Waals surface area contributed by atoms with Crippen molar-refractivity contribution in [2.75, 3.05) is 13.2 Å². The lowest BCUT2D eigenvalue weighted by molar-refractivity contribution is 0.216. The Labute approximate surface area is 153 Å². The summed E-state index contributed by atoms with van der Waals surface area (Å²) in [5, 5.41) is 24.6. The first-order chi connectivity index (χ1) is 12.8. The van der Waals surface area contributed by atoms with Crippen LogP contribution in [0.15, 0.2) is 22.1 Å². The Kier molecular flexibility index (Phi) is 4.98. The van der Waals surface area contributed by atoms with E-state index in [1.54, 1.807) is 0 Å². The minimum absolute atomic E-state index is 0.0330. The summed E-state index contributed by atoms with van der Waals surface area (Å²) in [5.74, 6) is 3.56. The highest BCUT2D eigenvalue weighted by Gasteiger charge is 2.39. The van der Waals surface area contributed by atoms with Gasteiger partial charge < -0.3 is 10.1 Å². The molecule has 138 valence electrons. The van der Waals surface area contributed by atoms with Crippen LogP contribution in [0.3, 0.4) is 0 Å². The number of terminal acetylenes is 1. The van der Waals surface area contributed by atoms with Gasteiger partial charge in [0.2, 0.25) is 0 Å². The second-order valence-electron chi connectivity index (χ2n) is 7.26. The van der Waals surface area contributed by atoms with Crippen molar-refractivity contribution in [2.45, 2.75) is 69.1 Å². The highest BCUT2D eigenvalue weighted by atomic mass is 16.5. The average molecular weight is 355 g/mol. The molecule has 1 aromatic heterocycles. The van der Waals surface area contributed by atoms with Gasteiger partial charge in [0.15, 0.2) is 11.5 Å². The van der Waals surface area contributed by atoms with Gasteiger partial charge in [-0.05, 0) is 48.1 Å². The minimum atomic E-state index is -0.277. The van der Waals surface area contributed by atoms with Gasteiger partial charge in [0, 0.05) is 25.8 Å². The molecule has 3 aliphatic rings. The molecule has 1 N–H and O–H groups in total. The van der Waals surface area contributed by atoms with E-state index in [9.17, 15) is 0 Å². The highest BCUT2D eigenvalue weighted by molar-refractivity contribution is 5.17. The number of aromatic nitrogens is 4. The van der Waals surface area contributed by atoms with Gasteiger partial charge >= 0.3 is 0 Å². The molecule has 0 bridgehead atoms. The zero-order chi connectivity index (χ0) is 17.8. The fourth-order valence-corrected chi connectivity index (χ4v) is 3.55. The zero-order valence-electron chi connectivity index (χ0n) is 15.0. The number of hydrogen-bond acceptors (Lipinski definition) is 7. The first-order valence-electron chi connectivity index (χ1n) is 9.50. The number of ether oxygens (including phenoxy) is 1. The molecular formula is C18H25N7O. The summed E-state index contributed by atoms with van der Waals surface area (Å²) in [6.07, 6.45) is 15.2. The monoisotopic (exact) mass is 355 g/mol. The van der Waals surface area contributed by atoms with Gasteiger partial charge in [0.05, 0.1) is 25.0 Å². The van der Waals surface area contributed by atoms with Gasteiger partial charge in [-0.3, -0.25) is 0 Å². The molecule has 2 aliphatic heterocycles.